The van der Waals surface area contributed by atoms with Gasteiger partial charge in [0.05, 0.1) is 32.0 Å². The molecule has 3 aliphatic rings. The molecule has 0 bridgehead atoms. The number of carboxylic acids is 1. The van der Waals surface area contributed by atoms with Crippen molar-refractivity contribution in [1.29, 1.82) is 0 Å². The van der Waals surface area contributed by atoms with E-state index in [-0.39, 0.29) is 0 Å². The van der Waals surface area contributed by atoms with Crippen molar-refractivity contribution in [2.45, 2.75) is 111 Å². The molecule has 0 aromatic carbocycles. The van der Waals surface area contributed by atoms with Crippen LogP contribution in [-0.4, -0.2) is 191 Å². The molecule has 43 heavy (non-hydrogen) atoms. The molecule has 0 aliphatic carbocycles. The Balaban J connectivity index is 1.94. The molecule has 13 N–H and O–H groups in total. The zero-order chi connectivity index (χ0) is 32.4. The first kappa shape index (κ1) is 35.8. The summed E-state index contributed by atoms with van der Waals surface area (Å²) >= 11 is 0. The lowest BCUT2D eigenvalue weighted by Crippen LogP contribution is -2.70. The second-order valence-corrected chi connectivity index (χ2v) is 10.5. The highest BCUT2D eigenvalue weighted by molar-refractivity contribution is 5.76. The van der Waals surface area contributed by atoms with Crippen molar-refractivity contribution < 1.29 is 94.6 Å². The van der Waals surface area contributed by atoms with Crippen LogP contribution in [0.25, 0.3) is 0 Å². The number of carbonyl (C=O) groups is 2. The molecule has 20 nitrogen and oxygen atoms in total. The second kappa shape index (κ2) is 14.6. The molecule has 3 heterocycles. The van der Waals surface area contributed by atoms with E-state index in [2.05, 4.69) is 5.32 Å². The lowest BCUT2D eigenvalue weighted by molar-refractivity contribution is -0.385. The fraction of sp³-hybridized carbons (Fsp3) is 0.913. The standard InChI is InChI=1S/C23H39NO19/c1-6(28)24-11-7(29)2-23(22(37)38,42-18(11)12(31)8(30)3-25)43-19-13(32)9(4-26)40-21(16(19)35)41-17-10(5-27)39-20(36)15(34)14(17)33/h7-21,25-27,29-36H,2-5H2,1H3,(H,24,28)(H,37,38)/t7-,8-,9+,10+,11+,12+,13+,14-,15-,16+,17-,18+,19+,20-,21+,23+/m1/s1. The number of hydrogen-bond donors (Lipinski definition) is 13. The molecule has 0 aromatic heterocycles. The SMILES string of the molecule is CC(=O)N[C@@H]1[C@@H]([C@@H](O)[C@H](O)CO)O[C@@](O[C@@H]2[C@H](O)[C@H](O[C@H]3[C@H](O)[C@@H](O)[C@H](O)O[C@H]3CO)O[C@@H](CO)[C@@H]2O)(C(=O)O)C[C@H]1O. The maximum absolute atomic E-state index is 12.5. The number of aliphatic hydroxyl groups is 11. The molecule has 250 valence electrons. The highest BCUT2D eigenvalue weighted by atomic mass is 16.8. The fourth-order valence-electron chi connectivity index (χ4n) is 5.16. The summed E-state index contributed by atoms with van der Waals surface area (Å²) in [4.78, 5) is 24.3. The number of ether oxygens (including phenoxy) is 5. The van der Waals surface area contributed by atoms with Gasteiger partial charge in [-0.2, -0.15) is 0 Å². The Kier molecular flexibility index (Phi) is 12.1. The number of nitrogens with one attached hydrogen (secondary N) is 1. The molecular weight excluding hydrogens is 594 g/mol. The third kappa shape index (κ3) is 7.41. The van der Waals surface area contributed by atoms with E-state index >= 15 is 0 Å². The van der Waals surface area contributed by atoms with Crippen molar-refractivity contribution in [3.63, 3.8) is 0 Å². The van der Waals surface area contributed by atoms with Crippen LogP contribution in [-0.2, 0) is 33.3 Å². The van der Waals surface area contributed by atoms with Gasteiger partial charge < -0.3 is 90.3 Å². The molecular formula is C23H39NO19. The smallest absolute Gasteiger partial charge is 0.364 e. The van der Waals surface area contributed by atoms with Crippen LogP contribution in [0.3, 0.4) is 0 Å². The molecule has 0 unspecified atom stereocenters. The van der Waals surface area contributed by atoms with Crippen LogP contribution in [0.4, 0.5) is 0 Å². The van der Waals surface area contributed by atoms with E-state index in [1.165, 1.54) is 0 Å². The summed E-state index contributed by atoms with van der Waals surface area (Å²) in [5, 5.41) is 124. The molecule has 3 fully saturated rings. The summed E-state index contributed by atoms with van der Waals surface area (Å²) in [6.45, 7) is -1.85. The Labute approximate surface area is 243 Å². The summed E-state index contributed by atoms with van der Waals surface area (Å²) in [6.07, 6.45) is -27.8. The number of carbonyl (C=O) groups excluding carboxylic acids is 1. The van der Waals surface area contributed by atoms with E-state index in [0.717, 1.165) is 6.92 Å². The van der Waals surface area contributed by atoms with Gasteiger partial charge in [-0.05, 0) is 0 Å². The van der Waals surface area contributed by atoms with Crippen LogP contribution in [0.5, 0.6) is 0 Å². The van der Waals surface area contributed by atoms with Crippen molar-refractivity contribution in [3.8, 4) is 0 Å². The number of hydrogen-bond acceptors (Lipinski definition) is 18. The largest absolute Gasteiger partial charge is 0.477 e. The van der Waals surface area contributed by atoms with E-state index in [0.29, 0.717) is 0 Å². The van der Waals surface area contributed by atoms with E-state index in [4.69, 9.17) is 23.7 Å². The molecule has 3 saturated heterocycles. The van der Waals surface area contributed by atoms with E-state index < -0.39 is 136 Å². The van der Waals surface area contributed by atoms with Crippen LogP contribution >= 0.6 is 0 Å². The number of rotatable bonds is 11. The number of aliphatic hydroxyl groups excluding tert-OH is 11. The molecule has 3 aliphatic heterocycles. The van der Waals surface area contributed by atoms with Gasteiger partial charge in [0.15, 0.2) is 12.6 Å². The Hall–Kier alpha value is -1.70. The number of aliphatic carboxylic acids is 1. The van der Waals surface area contributed by atoms with Crippen molar-refractivity contribution >= 4 is 11.9 Å². The van der Waals surface area contributed by atoms with Crippen molar-refractivity contribution in [2.24, 2.45) is 0 Å². The Morgan fingerprint density at radius 3 is 2.07 bits per heavy atom. The summed E-state index contributed by atoms with van der Waals surface area (Å²) in [5.74, 6) is -5.74. The van der Waals surface area contributed by atoms with Gasteiger partial charge in [0.1, 0.15) is 67.1 Å². The van der Waals surface area contributed by atoms with E-state index in [9.17, 15) is 70.9 Å². The van der Waals surface area contributed by atoms with Crippen molar-refractivity contribution in [1.82, 2.24) is 5.32 Å². The Morgan fingerprint density at radius 1 is 0.907 bits per heavy atom. The van der Waals surface area contributed by atoms with Crippen LogP contribution in [0.15, 0.2) is 0 Å². The van der Waals surface area contributed by atoms with Gasteiger partial charge in [-0.1, -0.05) is 0 Å². The quantitative estimate of drug-likeness (QED) is 0.100. The third-order valence-corrected chi connectivity index (χ3v) is 7.47. The topological polar surface area (TPSA) is 335 Å². The maximum atomic E-state index is 12.5. The minimum absolute atomic E-state index is 0.749. The highest BCUT2D eigenvalue weighted by Gasteiger charge is 2.60. The van der Waals surface area contributed by atoms with Gasteiger partial charge in [-0.25, -0.2) is 4.79 Å². The van der Waals surface area contributed by atoms with Crippen LogP contribution in [0.2, 0.25) is 0 Å². The summed E-state index contributed by atoms with van der Waals surface area (Å²) in [5.41, 5.74) is 0. The van der Waals surface area contributed by atoms with Gasteiger partial charge in [0, 0.05) is 13.3 Å². The van der Waals surface area contributed by atoms with Crippen molar-refractivity contribution in [3.05, 3.63) is 0 Å². The van der Waals surface area contributed by atoms with Gasteiger partial charge in [0.2, 0.25) is 5.91 Å². The molecule has 1 amide bonds. The van der Waals surface area contributed by atoms with Gasteiger partial charge in [-0.15, -0.1) is 0 Å². The molecule has 0 radical (unpaired) electrons. The highest BCUT2D eigenvalue weighted by Crippen LogP contribution is 2.38. The fourth-order valence-corrected chi connectivity index (χ4v) is 5.16. The summed E-state index contributed by atoms with van der Waals surface area (Å²) in [6, 6.07) is -1.54. The normalized spacial score (nSPS) is 45.3. The third-order valence-electron chi connectivity index (χ3n) is 7.47. The number of amides is 1. The Morgan fingerprint density at radius 2 is 1.53 bits per heavy atom. The molecule has 0 saturated carbocycles. The predicted molar refractivity (Wildman–Crippen MR) is 130 cm³/mol. The average Bonchev–Trinajstić information content (AvgIpc) is 2.96. The molecule has 3 rings (SSSR count). The first-order chi connectivity index (χ1) is 20.1. The van der Waals surface area contributed by atoms with E-state index in [1.807, 2.05) is 0 Å². The maximum Gasteiger partial charge on any atom is 0.364 e. The van der Waals surface area contributed by atoms with E-state index in [1.54, 1.807) is 0 Å². The minimum Gasteiger partial charge on any atom is -0.477 e. The molecule has 20 heteroatoms. The summed E-state index contributed by atoms with van der Waals surface area (Å²) < 4.78 is 26.8. The van der Waals surface area contributed by atoms with Crippen LogP contribution < -0.4 is 5.32 Å². The molecule has 0 aromatic rings. The first-order valence-electron chi connectivity index (χ1n) is 13.2. The second-order valence-electron chi connectivity index (χ2n) is 10.5. The Bertz CT molecular complexity index is 942. The predicted octanol–water partition coefficient (Wildman–Crippen LogP) is -8.22. The first-order valence-corrected chi connectivity index (χ1v) is 13.2. The van der Waals surface area contributed by atoms with Crippen molar-refractivity contribution in [2.75, 3.05) is 19.8 Å². The molecule has 16 atom stereocenters. The zero-order valence-corrected chi connectivity index (χ0v) is 22.7. The monoisotopic (exact) mass is 633 g/mol. The minimum atomic E-state index is -3.02. The van der Waals surface area contributed by atoms with Crippen LogP contribution in [0.1, 0.15) is 13.3 Å². The average molecular weight is 634 g/mol. The van der Waals surface area contributed by atoms with Crippen LogP contribution in [0, 0.1) is 0 Å². The summed E-state index contributed by atoms with van der Waals surface area (Å²) in [7, 11) is 0. The lowest BCUT2D eigenvalue weighted by atomic mass is 9.88. The number of carboxylic acid groups (broad SMARTS) is 1. The zero-order valence-electron chi connectivity index (χ0n) is 22.7. The van der Waals surface area contributed by atoms with Gasteiger partial charge in [0.25, 0.3) is 5.79 Å². The lowest BCUT2D eigenvalue weighted by Gasteiger charge is -2.50. The van der Waals surface area contributed by atoms with Gasteiger partial charge in [-0.3, -0.25) is 4.79 Å². The molecule has 0 spiro atoms. The van der Waals surface area contributed by atoms with Gasteiger partial charge >= 0.3 is 5.97 Å².